The molecule has 0 aliphatic rings. The first-order chi connectivity index (χ1) is 15.7. The van der Waals surface area contributed by atoms with Crippen molar-refractivity contribution in [3.63, 3.8) is 0 Å². The van der Waals surface area contributed by atoms with Gasteiger partial charge in [0, 0.05) is 20.5 Å². The van der Waals surface area contributed by atoms with E-state index in [1.807, 2.05) is 44.2 Å². The summed E-state index contributed by atoms with van der Waals surface area (Å²) >= 11 is 0. The molecule has 0 fully saturated rings. The maximum absolute atomic E-state index is 13.2. The molecular weight excluding hydrogens is 438 g/mol. The molecule has 0 bridgehead atoms. The van der Waals surface area contributed by atoms with Crippen LogP contribution in [0.25, 0.3) is 0 Å². The number of nitrogens with zero attached hydrogens (tertiary/aromatic N) is 2. The number of ether oxygens (including phenoxy) is 2. The largest absolute Gasteiger partial charge is 0.467 e. The summed E-state index contributed by atoms with van der Waals surface area (Å²) in [7, 11) is 4.28. The summed E-state index contributed by atoms with van der Waals surface area (Å²) in [6.07, 6.45) is -0.0595. The minimum atomic E-state index is -0.938. The molecule has 9 nitrogen and oxygen atoms in total. The standard InChI is InChI=1S/C25H39N3O6/c1-17(2)14-20(23(31)33-8)28(7)21(29)16-27(6)22(30)19(15-18-12-10-9-11-13-18)26-24(32)34-25(3,4)5/h9-13,17,19-20H,14-16H2,1-8H3,(H,26,32)/t19?,20-/m0/s1. The number of rotatable bonds is 10. The van der Waals surface area contributed by atoms with E-state index in [-0.39, 0.29) is 18.9 Å². The molecule has 34 heavy (non-hydrogen) atoms. The van der Waals surface area contributed by atoms with Crippen LogP contribution in [0.15, 0.2) is 30.3 Å². The minimum Gasteiger partial charge on any atom is -0.467 e. The van der Waals surface area contributed by atoms with Crippen molar-refractivity contribution in [1.82, 2.24) is 15.1 Å². The lowest BCUT2D eigenvalue weighted by atomic mass is 10.0. The summed E-state index contributed by atoms with van der Waals surface area (Å²) in [5, 5.41) is 2.63. The minimum absolute atomic E-state index is 0.159. The van der Waals surface area contributed by atoms with Crippen LogP contribution in [0.1, 0.15) is 46.6 Å². The quantitative estimate of drug-likeness (QED) is 0.520. The summed E-state index contributed by atoms with van der Waals surface area (Å²) in [6, 6.07) is 7.55. The molecule has 1 rings (SSSR count). The average Bonchev–Trinajstić information content (AvgIpc) is 2.74. The van der Waals surface area contributed by atoms with E-state index >= 15 is 0 Å². The molecule has 1 N–H and O–H groups in total. The highest BCUT2D eigenvalue weighted by atomic mass is 16.6. The monoisotopic (exact) mass is 477 g/mol. The average molecular weight is 478 g/mol. The van der Waals surface area contributed by atoms with Crippen LogP contribution in [0.3, 0.4) is 0 Å². The van der Waals surface area contributed by atoms with E-state index in [9.17, 15) is 19.2 Å². The molecule has 0 aliphatic heterocycles. The lowest BCUT2D eigenvalue weighted by molar-refractivity contribution is -0.153. The second-order valence-electron chi connectivity index (χ2n) is 9.76. The number of methoxy groups -OCH3 is 1. The maximum atomic E-state index is 13.2. The number of nitrogens with one attached hydrogen (secondary N) is 1. The zero-order valence-corrected chi connectivity index (χ0v) is 21.6. The van der Waals surface area contributed by atoms with Crippen molar-refractivity contribution in [1.29, 1.82) is 0 Å². The summed E-state index contributed by atoms with van der Waals surface area (Å²) in [6.45, 7) is 8.82. The molecule has 0 radical (unpaired) electrons. The highest BCUT2D eigenvalue weighted by Crippen LogP contribution is 2.14. The SMILES string of the molecule is COC(=O)[C@H](CC(C)C)N(C)C(=O)CN(C)C(=O)C(Cc1ccccc1)NC(=O)OC(C)(C)C. The maximum Gasteiger partial charge on any atom is 0.408 e. The third-order valence-electron chi connectivity index (χ3n) is 5.05. The van der Waals surface area contributed by atoms with Gasteiger partial charge in [-0.05, 0) is 38.7 Å². The van der Waals surface area contributed by atoms with Gasteiger partial charge in [-0.25, -0.2) is 9.59 Å². The fraction of sp³-hybridized carbons (Fsp3) is 0.600. The van der Waals surface area contributed by atoms with Crippen LogP contribution in [0.4, 0.5) is 4.79 Å². The molecule has 2 atom stereocenters. The smallest absolute Gasteiger partial charge is 0.408 e. The Kier molecular flexibility index (Phi) is 11.0. The highest BCUT2D eigenvalue weighted by molar-refractivity contribution is 5.91. The Balaban J connectivity index is 2.99. The lowest BCUT2D eigenvalue weighted by Crippen LogP contribution is -2.53. The normalized spacial score (nSPS) is 13.0. The van der Waals surface area contributed by atoms with Gasteiger partial charge in [0.1, 0.15) is 17.7 Å². The molecule has 0 aliphatic carbocycles. The topological polar surface area (TPSA) is 105 Å². The third-order valence-corrected chi connectivity index (χ3v) is 5.05. The number of alkyl carbamates (subject to hydrolysis) is 1. The van der Waals surface area contributed by atoms with Crippen molar-refractivity contribution in [2.45, 2.75) is 65.1 Å². The second-order valence-corrected chi connectivity index (χ2v) is 9.76. The molecule has 0 saturated carbocycles. The van der Waals surface area contributed by atoms with Crippen LogP contribution in [0.5, 0.6) is 0 Å². The number of esters is 1. The van der Waals surface area contributed by atoms with E-state index in [4.69, 9.17) is 9.47 Å². The number of hydrogen-bond donors (Lipinski definition) is 1. The van der Waals surface area contributed by atoms with Crippen LogP contribution < -0.4 is 5.32 Å². The van der Waals surface area contributed by atoms with Gasteiger partial charge >= 0.3 is 12.1 Å². The number of benzene rings is 1. The predicted octanol–water partition coefficient (Wildman–Crippen LogP) is 2.63. The van der Waals surface area contributed by atoms with Gasteiger partial charge in [-0.1, -0.05) is 44.2 Å². The lowest BCUT2D eigenvalue weighted by Gasteiger charge is -2.30. The van der Waals surface area contributed by atoms with Gasteiger partial charge in [0.25, 0.3) is 0 Å². The van der Waals surface area contributed by atoms with Gasteiger partial charge in [0.05, 0.1) is 13.7 Å². The molecule has 1 unspecified atom stereocenters. The summed E-state index contributed by atoms with van der Waals surface area (Å²) < 4.78 is 10.2. The van der Waals surface area contributed by atoms with Gasteiger partial charge < -0.3 is 24.6 Å². The number of carbonyl (C=O) groups excluding carboxylic acids is 4. The molecule has 0 heterocycles. The van der Waals surface area contributed by atoms with E-state index in [1.165, 1.54) is 31.0 Å². The van der Waals surface area contributed by atoms with Gasteiger partial charge in [-0.2, -0.15) is 0 Å². The van der Waals surface area contributed by atoms with E-state index in [0.29, 0.717) is 6.42 Å². The van der Waals surface area contributed by atoms with E-state index < -0.39 is 41.6 Å². The summed E-state index contributed by atoms with van der Waals surface area (Å²) in [5.74, 6) is -1.21. The molecule has 1 aromatic carbocycles. The highest BCUT2D eigenvalue weighted by Gasteiger charge is 2.32. The van der Waals surface area contributed by atoms with Crippen LogP contribution >= 0.6 is 0 Å². The van der Waals surface area contributed by atoms with Crippen LogP contribution in [0.2, 0.25) is 0 Å². The van der Waals surface area contributed by atoms with Gasteiger partial charge in [-0.15, -0.1) is 0 Å². The van der Waals surface area contributed by atoms with Gasteiger partial charge in [-0.3, -0.25) is 9.59 Å². The van der Waals surface area contributed by atoms with E-state index in [0.717, 1.165) is 5.56 Å². The van der Waals surface area contributed by atoms with E-state index in [1.54, 1.807) is 20.8 Å². The Morgan fingerprint density at radius 2 is 1.62 bits per heavy atom. The first-order valence-electron chi connectivity index (χ1n) is 11.4. The van der Waals surface area contributed by atoms with Crippen LogP contribution in [-0.2, 0) is 30.3 Å². The van der Waals surface area contributed by atoms with Crippen molar-refractivity contribution in [2.24, 2.45) is 5.92 Å². The molecule has 0 aromatic heterocycles. The number of amides is 3. The zero-order valence-electron chi connectivity index (χ0n) is 21.6. The van der Waals surface area contributed by atoms with Gasteiger partial charge in [0.2, 0.25) is 11.8 Å². The molecule has 0 spiro atoms. The van der Waals surface area contributed by atoms with Crippen molar-refractivity contribution < 1.29 is 28.7 Å². The molecule has 9 heteroatoms. The Hall–Kier alpha value is -3.10. The van der Waals surface area contributed by atoms with Crippen molar-refractivity contribution in [3.8, 4) is 0 Å². The Morgan fingerprint density at radius 3 is 2.12 bits per heavy atom. The van der Waals surface area contributed by atoms with Crippen molar-refractivity contribution in [2.75, 3.05) is 27.7 Å². The molecule has 190 valence electrons. The first kappa shape index (κ1) is 28.9. The number of hydrogen-bond acceptors (Lipinski definition) is 6. The van der Waals surface area contributed by atoms with Crippen LogP contribution in [-0.4, -0.2) is 79.1 Å². The predicted molar refractivity (Wildman–Crippen MR) is 129 cm³/mol. The van der Waals surface area contributed by atoms with Crippen molar-refractivity contribution in [3.05, 3.63) is 35.9 Å². The van der Waals surface area contributed by atoms with E-state index in [2.05, 4.69) is 5.32 Å². The third kappa shape index (κ3) is 9.80. The molecule has 3 amide bonds. The first-order valence-corrected chi connectivity index (χ1v) is 11.4. The zero-order chi connectivity index (χ0) is 26.1. The summed E-state index contributed by atoms with van der Waals surface area (Å²) in [4.78, 5) is 53.3. The Bertz CT molecular complexity index is 835. The molecule has 1 aromatic rings. The number of carbonyl (C=O) groups is 4. The van der Waals surface area contributed by atoms with Crippen molar-refractivity contribution >= 4 is 23.9 Å². The fourth-order valence-electron chi connectivity index (χ4n) is 3.33. The Labute approximate surface area is 202 Å². The molecule has 0 saturated heterocycles. The number of likely N-dealkylation sites (N-methyl/N-ethyl adjacent to an activating group) is 2. The molecular formula is C25H39N3O6. The second kappa shape index (κ2) is 13.0. The summed E-state index contributed by atoms with van der Waals surface area (Å²) in [5.41, 5.74) is 0.116. The Morgan fingerprint density at radius 1 is 1.03 bits per heavy atom. The van der Waals surface area contributed by atoms with Gasteiger partial charge in [0.15, 0.2) is 0 Å². The fourth-order valence-corrected chi connectivity index (χ4v) is 3.33. The van der Waals surface area contributed by atoms with Crippen LogP contribution in [0, 0.1) is 5.92 Å².